The Morgan fingerprint density at radius 1 is 1.41 bits per heavy atom. The lowest BCUT2D eigenvalue weighted by atomic mass is 10.2. The van der Waals surface area contributed by atoms with E-state index in [9.17, 15) is 4.79 Å². The number of anilines is 1. The van der Waals surface area contributed by atoms with Gasteiger partial charge >= 0.3 is 5.97 Å². The zero-order chi connectivity index (χ0) is 12.3. The average molecular weight is 234 g/mol. The van der Waals surface area contributed by atoms with Crippen LogP contribution in [0.15, 0.2) is 12.1 Å². The van der Waals surface area contributed by atoms with Crippen LogP contribution in [0, 0.1) is 6.92 Å². The molecule has 1 N–H and O–H groups in total. The van der Waals surface area contributed by atoms with Crippen molar-refractivity contribution in [1.82, 2.24) is 4.98 Å². The van der Waals surface area contributed by atoms with Gasteiger partial charge in [0.1, 0.15) is 5.82 Å². The van der Waals surface area contributed by atoms with Crippen LogP contribution >= 0.6 is 0 Å². The summed E-state index contributed by atoms with van der Waals surface area (Å²) in [5, 5.41) is 3.40. The topological polar surface area (TPSA) is 51.2 Å². The summed E-state index contributed by atoms with van der Waals surface area (Å²) in [5.41, 5.74) is 1.24. The Morgan fingerprint density at radius 3 is 2.71 bits per heavy atom. The lowest BCUT2D eigenvalue weighted by Crippen LogP contribution is -2.16. The molecule has 17 heavy (non-hydrogen) atoms. The molecule has 92 valence electrons. The number of hydrogen-bond acceptors (Lipinski definition) is 4. The predicted octanol–water partition coefficient (Wildman–Crippen LogP) is 2.53. The number of carbonyl (C=O) groups excluding carboxylic acids is 1. The van der Waals surface area contributed by atoms with Crippen LogP contribution in [0.5, 0.6) is 0 Å². The molecule has 0 saturated heterocycles. The highest BCUT2D eigenvalue weighted by atomic mass is 16.5. The smallest absolute Gasteiger partial charge is 0.339 e. The Morgan fingerprint density at radius 2 is 2.12 bits per heavy atom. The van der Waals surface area contributed by atoms with E-state index in [1.807, 2.05) is 13.0 Å². The fourth-order valence-electron chi connectivity index (χ4n) is 2.25. The summed E-state index contributed by atoms with van der Waals surface area (Å²) in [4.78, 5) is 15.8. The number of aromatic nitrogens is 1. The van der Waals surface area contributed by atoms with Crippen molar-refractivity contribution in [3.05, 3.63) is 23.4 Å². The summed E-state index contributed by atoms with van der Waals surface area (Å²) >= 11 is 0. The molecule has 1 aromatic rings. The fourth-order valence-corrected chi connectivity index (χ4v) is 2.25. The number of esters is 1. The van der Waals surface area contributed by atoms with Gasteiger partial charge in [0.25, 0.3) is 0 Å². The van der Waals surface area contributed by atoms with E-state index in [4.69, 9.17) is 4.74 Å². The normalized spacial score (nSPS) is 15.9. The van der Waals surface area contributed by atoms with E-state index < -0.39 is 0 Å². The van der Waals surface area contributed by atoms with E-state index in [-0.39, 0.29) is 5.97 Å². The molecule has 4 heteroatoms. The minimum Gasteiger partial charge on any atom is -0.465 e. The van der Waals surface area contributed by atoms with Crippen LogP contribution in [0.1, 0.15) is 41.7 Å². The third kappa shape index (κ3) is 2.75. The van der Waals surface area contributed by atoms with Crippen LogP contribution in [0.4, 0.5) is 5.82 Å². The molecule has 1 saturated carbocycles. The highest BCUT2D eigenvalue weighted by Gasteiger charge is 2.16. The zero-order valence-electron chi connectivity index (χ0n) is 10.3. The quantitative estimate of drug-likeness (QED) is 0.816. The number of aryl methyl sites for hydroxylation is 1. The molecular formula is C13H18N2O2. The second-order valence-corrected chi connectivity index (χ2v) is 4.45. The first kappa shape index (κ1) is 11.9. The lowest BCUT2D eigenvalue weighted by molar-refractivity contribution is 0.0599. The standard InChI is InChI=1S/C13H18N2O2/c1-9-11(13(16)17-2)7-8-12(14-9)15-10-5-3-4-6-10/h7-8,10H,3-6H2,1-2H3,(H,14,15). The summed E-state index contributed by atoms with van der Waals surface area (Å²) in [6.07, 6.45) is 4.99. The fraction of sp³-hybridized carbons (Fsp3) is 0.538. The summed E-state index contributed by atoms with van der Waals surface area (Å²) in [6.45, 7) is 1.83. The number of pyridine rings is 1. The molecule has 1 fully saturated rings. The number of carbonyl (C=O) groups is 1. The van der Waals surface area contributed by atoms with Gasteiger partial charge in [0.2, 0.25) is 0 Å². The number of ether oxygens (including phenoxy) is 1. The maximum Gasteiger partial charge on any atom is 0.339 e. The summed E-state index contributed by atoms with van der Waals surface area (Å²) < 4.78 is 4.69. The minimum absolute atomic E-state index is 0.331. The van der Waals surface area contributed by atoms with Gasteiger partial charge in [0, 0.05) is 6.04 Å². The van der Waals surface area contributed by atoms with E-state index in [0.717, 1.165) is 5.82 Å². The zero-order valence-corrected chi connectivity index (χ0v) is 10.3. The molecule has 0 aromatic carbocycles. The molecule has 2 rings (SSSR count). The summed E-state index contributed by atoms with van der Waals surface area (Å²) in [7, 11) is 1.38. The van der Waals surface area contributed by atoms with Crippen LogP contribution < -0.4 is 5.32 Å². The highest BCUT2D eigenvalue weighted by molar-refractivity contribution is 5.90. The number of hydrogen-bond donors (Lipinski definition) is 1. The molecular weight excluding hydrogens is 216 g/mol. The third-order valence-electron chi connectivity index (χ3n) is 3.20. The first-order valence-corrected chi connectivity index (χ1v) is 6.03. The van der Waals surface area contributed by atoms with Crippen molar-refractivity contribution < 1.29 is 9.53 Å². The van der Waals surface area contributed by atoms with E-state index >= 15 is 0 Å². The Labute approximate surface area is 101 Å². The van der Waals surface area contributed by atoms with Crippen molar-refractivity contribution in [3.63, 3.8) is 0 Å². The molecule has 4 nitrogen and oxygen atoms in total. The highest BCUT2D eigenvalue weighted by Crippen LogP contribution is 2.22. The van der Waals surface area contributed by atoms with Crippen molar-refractivity contribution in [1.29, 1.82) is 0 Å². The summed E-state index contributed by atoms with van der Waals surface area (Å²) in [6, 6.07) is 4.15. The van der Waals surface area contributed by atoms with Crippen molar-refractivity contribution >= 4 is 11.8 Å². The Kier molecular flexibility index (Phi) is 3.61. The van der Waals surface area contributed by atoms with Crippen molar-refractivity contribution in [2.45, 2.75) is 38.6 Å². The first-order chi connectivity index (χ1) is 8.20. The Hall–Kier alpha value is -1.58. The Balaban J connectivity index is 2.10. The summed E-state index contributed by atoms with van der Waals surface area (Å²) in [5.74, 6) is 0.518. The predicted molar refractivity (Wildman–Crippen MR) is 66.2 cm³/mol. The average Bonchev–Trinajstić information content (AvgIpc) is 2.81. The van der Waals surface area contributed by atoms with Crippen molar-refractivity contribution in [2.75, 3.05) is 12.4 Å². The van der Waals surface area contributed by atoms with Crippen LogP contribution in [0.25, 0.3) is 0 Å². The molecule has 1 aliphatic carbocycles. The largest absolute Gasteiger partial charge is 0.465 e. The van der Waals surface area contributed by atoms with Gasteiger partial charge in [-0.2, -0.15) is 0 Å². The number of rotatable bonds is 3. The van der Waals surface area contributed by atoms with E-state index in [1.54, 1.807) is 6.07 Å². The molecule has 0 unspecified atom stereocenters. The van der Waals surface area contributed by atoms with Crippen LogP contribution in [-0.4, -0.2) is 24.1 Å². The minimum atomic E-state index is -0.331. The van der Waals surface area contributed by atoms with Gasteiger partial charge < -0.3 is 10.1 Å². The number of nitrogens with zero attached hydrogens (tertiary/aromatic N) is 1. The maximum absolute atomic E-state index is 11.4. The SMILES string of the molecule is COC(=O)c1ccc(NC2CCCC2)nc1C. The van der Waals surface area contributed by atoms with Crippen LogP contribution in [0.3, 0.4) is 0 Å². The van der Waals surface area contributed by atoms with Gasteiger partial charge in [-0.25, -0.2) is 9.78 Å². The van der Waals surface area contributed by atoms with Gasteiger partial charge in [-0.05, 0) is 31.9 Å². The van der Waals surface area contributed by atoms with Gasteiger partial charge in [-0.15, -0.1) is 0 Å². The molecule has 0 radical (unpaired) electrons. The number of nitrogens with one attached hydrogen (secondary N) is 1. The molecule has 0 bridgehead atoms. The van der Waals surface area contributed by atoms with E-state index in [1.165, 1.54) is 32.8 Å². The molecule has 1 aliphatic rings. The monoisotopic (exact) mass is 234 g/mol. The second-order valence-electron chi connectivity index (χ2n) is 4.45. The molecule has 1 aromatic heterocycles. The van der Waals surface area contributed by atoms with Gasteiger partial charge in [-0.1, -0.05) is 12.8 Å². The number of methoxy groups -OCH3 is 1. The molecule has 1 heterocycles. The van der Waals surface area contributed by atoms with Gasteiger partial charge in [0.05, 0.1) is 18.4 Å². The van der Waals surface area contributed by atoms with Crippen molar-refractivity contribution in [2.24, 2.45) is 0 Å². The van der Waals surface area contributed by atoms with Crippen LogP contribution in [-0.2, 0) is 4.74 Å². The van der Waals surface area contributed by atoms with Crippen LogP contribution in [0.2, 0.25) is 0 Å². The van der Waals surface area contributed by atoms with E-state index in [0.29, 0.717) is 17.3 Å². The van der Waals surface area contributed by atoms with Gasteiger partial charge in [0.15, 0.2) is 0 Å². The Bertz CT molecular complexity index is 412. The third-order valence-corrected chi connectivity index (χ3v) is 3.20. The lowest BCUT2D eigenvalue weighted by Gasteiger charge is -2.13. The molecule has 0 spiro atoms. The maximum atomic E-state index is 11.4. The first-order valence-electron chi connectivity index (χ1n) is 6.03. The molecule has 0 aliphatic heterocycles. The molecule has 0 atom stereocenters. The molecule has 0 amide bonds. The van der Waals surface area contributed by atoms with Crippen molar-refractivity contribution in [3.8, 4) is 0 Å². The van der Waals surface area contributed by atoms with Gasteiger partial charge in [-0.3, -0.25) is 0 Å². The second kappa shape index (κ2) is 5.17. The van der Waals surface area contributed by atoms with E-state index in [2.05, 4.69) is 10.3 Å².